The van der Waals surface area contributed by atoms with Crippen molar-refractivity contribution < 1.29 is 37.3 Å². The van der Waals surface area contributed by atoms with E-state index < -0.39 is 47.8 Å². The number of morpholine rings is 1. The normalized spacial score (nSPS) is 20.5. The first-order valence-corrected chi connectivity index (χ1v) is 16.1. The Bertz CT molecular complexity index is 1210. The zero-order chi connectivity index (χ0) is 32.4. The quantitative estimate of drug-likeness (QED) is 0.253. The van der Waals surface area contributed by atoms with Gasteiger partial charge in [0.1, 0.15) is 23.3 Å². The fourth-order valence-corrected chi connectivity index (χ4v) is 6.19. The van der Waals surface area contributed by atoms with Crippen molar-refractivity contribution in [2.24, 2.45) is 5.92 Å². The van der Waals surface area contributed by atoms with Crippen LogP contribution < -0.4 is 5.32 Å². The third-order valence-electron chi connectivity index (χ3n) is 8.19. The third-order valence-corrected chi connectivity index (χ3v) is 8.19. The van der Waals surface area contributed by atoms with Crippen LogP contribution in [0.25, 0.3) is 0 Å². The van der Waals surface area contributed by atoms with Crippen molar-refractivity contribution in [1.29, 1.82) is 0 Å². The standard InChI is InChI=1S/C35H48F2N2O6/c1-24(40)38-30(19-27-17-28(36)20-29(37)18-27)33(44-22-26-13-6-5-7-14-26)31-23-43-32(21-39(31)34(41)45-35(2,3)4)42-16-10-15-25-11-8-9-12-25/h5-7,13-14,17-18,20,25,30-33H,8-12,15-16,19,21-23H2,1-4H3,(H,38,40)/t30-,31+,32-,33-/m0/s1. The summed E-state index contributed by atoms with van der Waals surface area (Å²) in [4.78, 5) is 27.7. The smallest absolute Gasteiger partial charge is 0.410 e. The van der Waals surface area contributed by atoms with Crippen LogP contribution >= 0.6 is 0 Å². The van der Waals surface area contributed by atoms with E-state index in [0.717, 1.165) is 30.4 Å². The molecule has 0 unspecified atom stereocenters. The number of nitrogens with one attached hydrogen (secondary N) is 1. The molecule has 4 atom stereocenters. The van der Waals surface area contributed by atoms with Gasteiger partial charge in [0, 0.05) is 19.6 Å². The second kappa shape index (κ2) is 16.5. The maximum absolute atomic E-state index is 14.2. The molecular formula is C35H48F2N2O6. The summed E-state index contributed by atoms with van der Waals surface area (Å²) >= 11 is 0. The Morgan fingerprint density at radius 1 is 1.04 bits per heavy atom. The predicted octanol–water partition coefficient (Wildman–Crippen LogP) is 6.55. The Morgan fingerprint density at radius 2 is 1.73 bits per heavy atom. The van der Waals surface area contributed by atoms with Crippen LogP contribution in [0.4, 0.5) is 13.6 Å². The summed E-state index contributed by atoms with van der Waals surface area (Å²) in [6.45, 7) is 7.56. The molecule has 0 bridgehead atoms. The molecule has 8 nitrogen and oxygen atoms in total. The van der Waals surface area contributed by atoms with Gasteiger partial charge in [0.25, 0.3) is 0 Å². The van der Waals surface area contributed by atoms with E-state index in [0.29, 0.717) is 12.2 Å². The Balaban J connectivity index is 1.59. The van der Waals surface area contributed by atoms with E-state index in [9.17, 15) is 18.4 Å². The van der Waals surface area contributed by atoms with Gasteiger partial charge in [-0.05, 0) is 69.2 Å². The fraction of sp³-hybridized carbons (Fsp3) is 0.600. The molecule has 1 aliphatic carbocycles. The summed E-state index contributed by atoms with van der Waals surface area (Å²) < 4.78 is 52.9. The van der Waals surface area contributed by atoms with Crippen LogP contribution in [0.5, 0.6) is 0 Å². The van der Waals surface area contributed by atoms with E-state index in [4.69, 9.17) is 18.9 Å². The van der Waals surface area contributed by atoms with Gasteiger partial charge in [-0.15, -0.1) is 0 Å². The highest BCUT2D eigenvalue weighted by Crippen LogP contribution is 2.29. The van der Waals surface area contributed by atoms with Crippen molar-refractivity contribution >= 4 is 12.0 Å². The maximum Gasteiger partial charge on any atom is 0.410 e. The van der Waals surface area contributed by atoms with Gasteiger partial charge < -0.3 is 24.3 Å². The summed E-state index contributed by atoms with van der Waals surface area (Å²) in [6, 6.07) is 11.3. The number of nitrogens with zero attached hydrogens (tertiary/aromatic N) is 1. The Morgan fingerprint density at radius 3 is 2.38 bits per heavy atom. The monoisotopic (exact) mass is 630 g/mol. The minimum Gasteiger partial charge on any atom is -0.444 e. The summed E-state index contributed by atoms with van der Waals surface area (Å²) in [5.41, 5.74) is 0.446. The van der Waals surface area contributed by atoms with Gasteiger partial charge in [-0.25, -0.2) is 13.6 Å². The molecule has 2 aromatic carbocycles. The van der Waals surface area contributed by atoms with Crippen LogP contribution in [0.3, 0.4) is 0 Å². The van der Waals surface area contributed by atoms with E-state index in [1.165, 1.54) is 44.7 Å². The molecule has 10 heteroatoms. The number of carbonyl (C=O) groups is 2. The predicted molar refractivity (Wildman–Crippen MR) is 166 cm³/mol. The van der Waals surface area contributed by atoms with E-state index in [1.54, 1.807) is 25.7 Å². The van der Waals surface area contributed by atoms with E-state index >= 15 is 0 Å². The number of carbonyl (C=O) groups excluding carboxylic acids is 2. The summed E-state index contributed by atoms with van der Waals surface area (Å²) in [6.07, 6.45) is 5.15. The molecule has 1 N–H and O–H groups in total. The molecule has 1 saturated carbocycles. The highest BCUT2D eigenvalue weighted by atomic mass is 19.1. The van der Waals surface area contributed by atoms with Crippen LogP contribution in [0.15, 0.2) is 48.5 Å². The lowest BCUT2D eigenvalue weighted by atomic mass is 9.94. The average Bonchev–Trinajstić information content (AvgIpc) is 3.48. The van der Waals surface area contributed by atoms with Gasteiger partial charge in [0.2, 0.25) is 5.91 Å². The topological polar surface area (TPSA) is 86.3 Å². The van der Waals surface area contributed by atoms with Crippen molar-refractivity contribution in [1.82, 2.24) is 10.2 Å². The second-order valence-corrected chi connectivity index (χ2v) is 13.2. The number of rotatable bonds is 13. The van der Waals surface area contributed by atoms with Crippen molar-refractivity contribution in [2.45, 2.75) is 109 Å². The summed E-state index contributed by atoms with van der Waals surface area (Å²) in [7, 11) is 0. The number of hydrogen-bond acceptors (Lipinski definition) is 6. The van der Waals surface area contributed by atoms with Crippen molar-refractivity contribution in [3.63, 3.8) is 0 Å². The zero-order valence-electron chi connectivity index (χ0n) is 26.9. The van der Waals surface area contributed by atoms with E-state index in [-0.39, 0.29) is 32.1 Å². The molecule has 1 aliphatic heterocycles. The minimum absolute atomic E-state index is 0.0413. The van der Waals surface area contributed by atoms with Crippen LogP contribution in [0.1, 0.15) is 77.3 Å². The first-order chi connectivity index (χ1) is 21.5. The zero-order valence-corrected chi connectivity index (χ0v) is 26.9. The van der Waals surface area contributed by atoms with Crippen LogP contribution in [-0.2, 0) is 36.8 Å². The number of benzene rings is 2. The number of halogens is 2. The van der Waals surface area contributed by atoms with E-state index in [1.807, 2.05) is 30.3 Å². The maximum atomic E-state index is 14.2. The van der Waals surface area contributed by atoms with Crippen molar-refractivity contribution in [2.75, 3.05) is 19.8 Å². The van der Waals surface area contributed by atoms with Gasteiger partial charge in [-0.1, -0.05) is 56.0 Å². The van der Waals surface area contributed by atoms with Gasteiger partial charge in [0.15, 0.2) is 6.29 Å². The average molecular weight is 631 g/mol. The molecule has 0 radical (unpaired) electrons. The van der Waals surface area contributed by atoms with Gasteiger partial charge in [-0.2, -0.15) is 0 Å². The first-order valence-electron chi connectivity index (χ1n) is 16.1. The molecule has 2 amide bonds. The molecule has 2 aromatic rings. The highest BCUT2D eigenvalue weighted by Gasteiger charge is 2.43. The Labute approximate surface area is 265 Å². The largest absolute Gasteiger partial charge is 0.444 e. The number of ether oxygens (including phenoxy) is 4. The minimum atomic E-state index is -0.837. The number of hydrogen-bond donors (Lipinski definition) is 1. The second-order valence-electron chi connectivity index (χ2n) is 13.2. The Kier molecular flexibility index (Phi) is 12.7. The van der Waals surface area contributed by atoms with Crippen LogP contribution in [0.2, 0.25) is 0 Å². The molecule has 0 spiro atoms. The number of amides is 2. The molecule has 4 rings (SSSR count). The summed E-state index contributed by atoms with van der Waals surface area (Å²) in [5, 5.41) is 2.91. The molecule has 1 heterocycles. The SMILES string of the molecule is CC(=O)N[C@@H](Cc1cc(F)cc(F)c1)[C@H](OCc1ccccc1)[C@H]1CO[C@H](OCCCC2CCCC2)CN1C(=O)OC(C)(C)C. The van der Waals surface area contributed by atoms with Crippen molar-refractivity contribution in [3.05, 3.63) is 71.3 Å². The molecule has 45 heavy (non-hydrogen) atoms. The van der Waals surface area contributed by atoms with Crippen LogP contribution in [-0.4, -0.2) is 66.7 Å². The van der Waals surface area contributed by atoms with Gasteiger partial charge >= 0.3 is 6.09 Å². The van der Waals surface area contributed by atoms with Gasteiger partial charge in [-0.3, -0.25) is 9.69 Å². The third kappa shape index (κ3) is 11.3. The van der Waals surface area contributed by atoms with E-state index in [2.05, 4.69) is 5.32 Å². The molecule has 2 aliphatic rings. The fourth-order valence-electron chi connectivity index (χ4n) is 6.19. The van der Waals surface area contributed by atoms with Gasteiger partial charge in [0.05, 0.1) is 31.8 Å². The van der Waals surface area contributed by atoms with Crippen molar-refractivity contribution in [3.8, 4) is 0 Å². The Hall–Kier alpha value is -3.08. The molecular weight excluding hydrogens is 582 g/mol. The summed E-state index contributed by atoms with van der Waals surface area (Å²) in [5.74, 6) is -1.05. The highest BCUT2D eigenvalue weighted by molar-refractivity contribution is 5.73. The van der Waals surface area contributed by atoms with Crippen LogP contribution in [0, 0.1) is 17.6 Å². The molecule has 248 valence electrons. The lowest BCUT2D eigenvalue weighted by molar-refractivity contribution is -0.208. The lowest BCUT2D eigenvalue weighted by Gasteiger charge is -2.45. The molecule has 2 fully saturated rings. The molecule has 1 saturated heterocycles. The molecule has 0 aromatic heterocycles. The first kappa shape index (κ1) is 34.8. The lowest BCUT2D eigenvalue weighted by Crippen LogP contribution is -2.63.